The normalized spacial score (nSPS) is 15.1. The molecular weight excluding hydrogens is 418 g/mol. The number of aliphatic carboxylic acids is 1. The van der Waals surface area contributed by atoms with Gasteiger partial charge >= 0.3 is 5.97 Å². The van der Waals surface area contributed by atoms with Crippen molar-refractivity contribution in [1.82, 2.24) is 4.90 Å². The van der Waals surface area contributed by atoms with Gasteiger partial charge in [-0.05, 0) is 48.6 Å². The van der Waals surface area contributed by atoms with Crippen molar-refractivity contribution in [2.75, 3.05) is 13.2 Å². The van der Waals surface area contributed by atoms with Gasteiger partial charge in [-0.15, -0.1) is 0 Å². The lowest BCUT2D eigenvalue weighted by Crippen LogP contribution is -2.30. The van der Waals surface area contributed by atoms with Crippen LogP contribution in [0.3, 0.4) is 0 Å². The van der Waals surface area contributed by atoms with Crippen LogP contribution in [0.5, 0.6) is 5.75 Å². The molecule has 2 aromatic rings. The molecule has 1 fully saturated rings. The number of benzene rings is 2. The minimum Gasteiger partial charge on any atom is -0.494 e. The first kappa shape index (κ1) is 22.1. The standard InChI is InChI=1S/C23H23NO4S2/c25-21(26)13-14-24-22(27)20(30-23(24)29)16-18-9-11-19(12-10-18)28-15-5-4-8-17-6-2-1-3-7-17/h1-3,6-7,9-12,16H,4-5,8,13-15H2,(H,25,26)/b20-16-. The summed E-state index contributed by atoms with van der Waals surface area (Å²) in [5.41, 5.74) is 2.21. The van der Waals surface area contributed by atoms with Crippen LogP contribution in [-0.2, 0) is 16.0 Å². The number of carbonyl (C=O) groups is 2. The predicted octanol–water partition coefficient (Wildman–Crippen LogP) is 4.76. The van der Waals surface area contributed by atoms with Gasteiger partial charge in [0.15, 0.2) is 0 Å². The van der Waals surface area contributed by atoms with E-state index < -0.39 is 5.97 Å². The maximum Gasteiger partial charge on any atom is 0.305 e. The maximum atomic E-state index is 12.4. The number of thioether (sulfide) groups is 1. The van der Waals surface area contributed by atoms with Crippen LogP contribution in [-0.4, -0.2) is 39.4 Å². The topological polar surface area (TPSA) is 66.8 Å². The Morgan fingerprint density at radius 1 is 1.10 bits per heavy atom. The zero-order valence-electron chi connectivity index (χ0n) is 16.5. The fourth-order valence-electron chi connectivity index (χ4n) is 2.98. The van der Waals surface area contributed by atoms with Crippen molar-refractivity contribution < 1.29 is 19.4 Å². The molecule has 5 nitrogen and oxygen atoms in total. The molecule has 1 N–H and O–H groups in total. The minimum atomic E-state index is -0.955. The number of nitrogens with zero attached hydrogens (tertiary/aromatic N) is 1. The molecule has 3 rings (SSSR count). The fraction of sp³-hybridized carbons (Fsp3) is 0.261. The molecule has 0 saturated carbocycles. The zero-order valence-corrected chi connectivity index (χ0v) is 18.1. The van der Waals surface area contributed by atoms with Gasteiger partial charge in [0.1, 0.15) is 10.1 Å². The molecule has 0 radical (unpaired) electrons. The Balaban J connectivity index is 1.46. The van der Waals surface area contributed by atoms with E-state index >= 15 is 0 Å². The first-order valence-corrected chi connectivity index (χ1v) is 11.0. The highest BCUT2D eigenvalue weighted by molar-refractivity contribution is 8.26. The Labute approximate surface area is 185 Å². The van der Waals surface area contributed by atoms with E-state index in [0.717, 1.165) is 30.6 Å². The summed E-state index contributed by atoms with van der Waals surface area (Å²) in [7, 11) is 0. The van der Waals surface area contributed by atoms with Crippen molar-refractivity contribution in [1.29, 1.82) is 0 Å². The molecule has 0 bridgehead atoms. The zero-order chi connectivity index (χ0) is 21.3. The van der Waals surface area contributed by atoms with Crippen LogP contribution in [0.2, 0.25) is 0 Å². The second-order valence-electron chi connectivity index (χ2n) is 6.84. The van der Waals surface area contributed by atoms with Crippen LogP contribution < -0.4 is 4.74 Å². The van der Waals surface area contributed by atoms with Crippen LogP contribution in [0.1, 0.15) is 30.4 Å². The molecule has 0 spiro atoms. The van der Waals surface area contributed by atoms with Crippen molar-refractivity contribution >= 4 is 46.3 Å². The molecule has 0 aliphatic carbocycles. The largest absolute Gasteiger partial charge is 0.494 e. The highest BCUT2D eigenvalue weighted by atomic mass is 32.2. The Kier molecular flexibility index (Phi) is 8.04. The van der Waals surface area contributed by atoms with Crippen molar-refractivity contribution in [3.05, 3.63) is 70.6 Å². The number of thiocarbonyl (C=S) groups is 1. The molecular formula is C23H23NO4S2. The number of rotatable bonds is 10. The van der Waals surface area contributed by atoms with Crippen LogP contribution >= 0.6 is 24.0 Å². The molecule has 156 valence electrons. The van der Waals surface area contributed by atoms with E-state index in [-0.39, 0.29) is 18.9 Å². The summed E-state index contributed by atoms with van der Waals surface area (Å²) < 4.78 is 6.19. The highest BCUT2D eigenvalue weighted by Crippen LogP contribution is 2.32. The Bertz CT molecular complexity index is 926. The number of ether oxygens (including phenoxy) is 1. The van der Waals surface area contributed by atoms with Crippen molar-refractivity contribution in [2.45, 2.75) is 25.7 Å². The first-order chi connectivity index (χ1) is 14.5. The highest BCUT2D eigenvalue weighted by Gasteiger charge is 2.31. The van der Waals surface area contributed by atoms with Crippen molar-refractivity contribution in [2.24, 2.45) is 0 Å². The smallest absolute Gasteiger partial charge is 0.305 e. The van der Waals surface area contributed by atoms with Crippen molar-refractivity contribution in [3.8, 4) is 5.75 Å². The van der Waals surface area contributed by atoms with Crippen LogP contribution in [0.25, 0.3) is 6.08 Å². The number of carbonyl (C=O) groups excluding carboxylic acids is 1. The maximum absolute atomic E-state index is 12.4. The third-order valence-electron chi connectivity index (χ3n) is 4.57. The molecule has 1 amide bonds. The molecule has 0 aromatic heterocycles. The lowest BCUT2D eigenvalue weighted by atomic mass is 10.1. The Morgan fingerprint density at radius 3 is 2.53 bits per heavy atom. The molecule has 1 aliphatic rings. The molecule has 30 heavy (non-hydrogen) atoms. The summed E-state index contributed by atoms with van der Waals surface area (Å²) in [5, 5.41) is 8.80. The molecule has 0 unspecified atom stereocenters. The number of hydrogen-bond donors (Lipinski definition) is 1. The summed E-state index contributed by atoms with van der Waals surface area (Å²) in [6.07, 6.45) is 4.75. The molecule has 1 heterocycles. The average Bonchev–Trinajstić information content (AvgIpc) is 3.00. The molecule has 2 aromatic carbocycles. The van der Waals surface area contributed by atoms with Crippen molar-refractivity contribution in [3.63, 3.8) is 0 Å². The third kappa shape index (κ3) is 6.43. The van der Waals surface area contributed by atoms with Crippen LogP contribution in [0.4, 0.5) is 0 Å². The van der Waals surface area contributed by atoms with Crippen LogP contribution in [0.15, 0.2) is 59.5 Å². The van der Waals surface area contributed by atoms with Gasteiger partial charge in [-0.3, -0.25) is 14.5 Å². The van der Waals surface area contributed by atoms with E-state index in [1.54, 1.807) is 6.08 Å². The lowest BCUT2D eigenvalue weighted by molar-refractivity contribution is -0.137. The number of unbranched alkanes of at least 4 members (excludes halogenated alkanes) is 1. The summed E-state index contributed by atoms with van der Waals surface area (Å²) in [6, 6.07) is 18.0. The van der Waals surface area contributed by atoms with E-state index in [2.05, 4.69) is 24.3 Å². The molecule has 1 saturated heterocycles. The summed E-state index contributed by atoms with van der Waals surface area (Å²) >= 11 is 6.39. The third-order valence-corrected chi connectivity index (χ3v) is 5.95. The van der Waals surface area contributed by atoms with Gasteiger partial charge in [-0.2, -0.15) is 0 Å². The van der Waals surface area contributed by atoms with Gasteiger partial charge in [-0.25, -0.2) is 0 Å². The second-order valence-corrected chi connectivity index (χ2v) is 8.51. The van der Waals surface area contributed by atoms with E-state index in [1.807, 2.05) is 30.3 Å². The van der Waals surface area contributed by atoms with Gasteiger partial charge < -0.3 is 9.84 Å². The number of aryl methyl sites for hydroxylation is 1. The lowest BCUT2D eigenvalue weighted by Gasteiger charge is -2.12. The molecule has 1 aliphatic heterocycles. The van der Waals surface area contributed by atoms with Gasteiger partial charge in [0.05, 0.1) is 17.9 Å². The number of carboxylic acids is 1. The van der Waals surface area contributed by atoms with E-state index in [9.17, 15) is 9.59 Å². The molecule has 7 heteroatoms. The van der Waals surface area contributed by atoms with E-state index in [0.29, 0.717) is 15.8 Å². The summed E-state index contributed by atoms with van der Waals surface area (Å²) in [4.78, 5) is 25.0. The summed E-state index contributed by atoms with van der Waals surface area (Å²) in [5.74, 6) is -0.408. The number of amides is 1. The summed E-state index contributed by atoms with van der Waals surface area (Å²) in [6.45, 7) is 0.753. The predicted molar refractivity (Wildman–Crippen MR) is 123 cm³/mol. The number of carboxylic acid groups (broad SMARTS) is 1. The van der Waals surface area contributed by atoms with E-state index in [4.69, 9.17) is 22.1 Å². The quantitative estimate of drug-likeness (QED) is 0.326. The average molecular weight is 442 g/mol. The monoisotopic (exact) mass is 441 g/mol. The Morgan fingerprint density at radius 2 is 1.83 bits per heavy atom. The second kappa shape index (κ2) is 10.9. The number of hydrogen-bond acceptors (Lipinski definition) is 5. The molecule has 0 atom stereocenters. The minimum absolute atomic E-state index is 0.0917. The van der Waals surface area contributed by atoms with Gasteiger partial charge in [-0.1, -0.05) is 66.4 Å². The van der Waals surface area contributed by atoms with Gasteiger partial charge in [0.2, 0.25) is 0 Å². The van der Waals surface area contributed by atoms with Gasteiger partial charge in [0.25, 0.3) is 5.91 Å². The van der Waals surface area contributed by atoms with Crippen LogP contribution in [0, 0.1) is 0 Å². The fourth-order valence-corrected chi connectivity index (χ4v) is 4.29. The van der Waals surface area contributed by atoms with Gasteiger partial charge in [0, 0.05) is 6.54 Å². The first-order valence-electron chi connectivity index (χ1n) is 9.77. The van der Waals surface area contributed by atoms with E-state index in [1.165, 1.54) is 22.2 Å². The Hall–Kier alpha value is -2.64. The SMILES string of the molecule is O=C(O)CCN1C(=O)/C(=C/c2ccc(OCCCCc3ccccc3)cc2)SC1=S.